The topological polar surface area (TPSA) is 154 Å². The van der Waals surface area contributed by atoms with Crippen LogP contribution in [0.5, 0.6) is 0 Å². The van der Waals surface area contributed by atoms with Crippen molar-refractivity contribution in [1.82, 2.24) is 15.2 Å². The molecule has 0 aliphatic carbocycles. The van der Waals surface area contributed by atoms with Gasteiger partial charge in [0.15, 0.2) is 0 Å². The second-order valence-electron chi connectivity index (χ2n) is 9.70. The highest BCUT2D eigenvalue weighted by molar-refractivity contribution is 5.75. The van der Waals surface area contributed by atoms with Crippen LogP contribution in [-0.2, 0) is 0 Å². The summed E-state index contributed by atoms with van der Waals surface area (Å²) in [4.78, 5) is 23.2. The monoisotopic (exact) mass is 552 g/mol. The van der Waals surface area contributed by atoms with E-state index in [2.05, 4.69) is 27.6 Å². The Morgan fingerprint density at radius 1 is 0.900 bits per heavy atom. The molecule has 0 radical (unpaired) electrons. The summed E-state index contributed by atoms with van der Waals surface area (Å²) in [5.41, 5.74) is 4.19. The van der Waals surface area contributed by atoms with Gasteiger partial charge in [0, 0.05) is 35.8 Å². The lowest BCUT2D eigenvalue weighted by Gasteiger charge is -2.15. The first-order valence-electron chi connectivity index (χ1n) is 12.5. The number of likely N-dealkylation sites (N-methyl/N-ethyl adjacent to an activating group) is 1. The molecule has 0 spiro atoms. The number of likely N-dealkylation sites (tertiary alicyclic amines) is 1. The maximum absolute atomic E-state index is 13.2. The lowest BCUT2D eigenvalue weighted by atomic mass is 10.0. The van der Waals surface area contributed by atoms with E-state index in [0.29, 0.717) is 34.0 Å². The van der Waals surface area contributed by atoms with Crippen molar-refractivity contribution in [3.05, 3.63) is 85.4 Å². The molecule has 40 heavy (non-hydrogen) atoms. The van der Waals surface area contributed by atoms with Gasteiger partial charge in [0.2, 0.25) is 5.82 Å². The largest absolute Gasteiger partial charge is 0.375 e. The maximum Gasteiger partial charge on any atom is 0.305 e. The highest BCUT2D eigenvalue weighted by Crippen LogP contribution is 2.35. The maximum atomic E-state index is 13.2. The number of nitrogens with zero attached hydrogens (tertiary/aromatic N) is 5. The first-order valence-corrected chi connectivity index (χ1v) is 12.5. The molecular weight excluding hydrogens is 523 g/mol. The van der Waals surface area contributed by atoms with Crippen molar-refractivity contribution in [2.45, 2.75) is 40.2 Å². The van der Waals surface area contributed by atoms with Gasteiger partial charge in [-0.2, -0.15) is 4.39 Å². The summed E-state index contributed by atoms with van der Waals surface area (Å²) in [5.74, 6) is 0.351. The number of rotatable bonds is 6. The van der Waals surface area contributed by atoms with E-state index in [1.807, 2.05) is 19.9 Å². The zero-order valence-corrected chi connectivity index (χ0v) is 22.7. The Morgan fingerprint density at radius 2 is 1.43 bits per heavy atom. The average Bonchev–Trinajstić information content (AvgIpc) is 3.58. The number of halogens is 1. The van der Waals surface area contributed by atoms with Crippen LogP contribution in [0.3, 0.4) is 0 Å². The van der Waals surface area contributed by atoms with E-state index in [0.717, 1.165) is 42.4 Å². The Labute approximate surface area is 229 Å². The van der Waals surface area contributed by atoms with E-state index < -0.39 is 16.4 Å². The lowest BCUT2D eigenvalue weighted by molar-refractivity contribution is -0.387. The molecule has 210 valence electrons. The molecule has 1 unspecified atom stereocenters. The quantitative estimate of drug-likeness (QED) is 0.223. The minimum Gasteiger partial charge on any atom is -0.375 e. The Bertz CT molecular complexity index is 1530. The minimum atomic E-state index is -0.856. The number of nitrogens with one attached hydrogen (secondary N) is 1. The molecule has 3 heterocycles. The number of hydrogen-bond acceptors (Lipinski definition) is 10. The molecule has 1 saturated heterocycles. The first kappa shape index (κ1) is 28.4. The minimum absolute atomic E-state index is 0.0806. The molecule has 1 aliphatic rings. The molecule has 0 bridgehead atoms. The number of benzene rings is 2. The predicted octanol–water partition coefficient (Wildman–Crippen LogP) is 5.99. The van der Waals surface area contributed by atoms with Crippen molar-refractivity contribution >= 4 is 17.1 Å². The van der Waals surface area contributed by atoms with E-state index in [1.54, 1.807) is 26.0 Å². The number of nitro benzene ring substituents is 2. The molecule has 2 aromatic heterocycles. The summed E-state index contributed by atoms with van der Waals surface area (Å²) in [6.07, 6.45) is 0.985. The SMILES string of the molecule is Cc1noc(C)c1-c1ccc(F)c([N+](=O)[O-])c1.Cc1noc(C)c1-c1ccc(NC2CCN(C)C2)c([N+](=O)[O-])c1. The van der Waals surface area contributed by atoms with Gasteiger partial charge in [-0.25, -0.2) is 0 Å². The van der Waals surface area contributed by atoms with Crippen molar-refractivity contribution in [1.29, 1.82) is 0 Å². The van der Waals surface area contributed by atoms with E-state index in [1.165, 1.54) is 12.1 Å². The summed E-state index contributed by atoms with van der Waals surface area (Å²) in [5, 5.41) is 33.1. The van der Waals surface area contributed by atoms with Gasteiger partial charge in [-0.1, -0.05) is 22.4 Å². The molecule has 1 fully saturated rings. The molecule has 1 atom stereocenters. The summed E-state index contributed by atoms with van der Waals surface area (Å²) in [6, 6.07) is 9.20. The van der Waals surface area contributed by atoms with Gasteiger partial charge in [0.1, 0.15) is 17.2 Å². The fourth-order valence-electron chi connectivity index (χ4n) is 4.83. The summed E-state index contributed by atoms with van der Waals surface area (Å²) in [7, 11) is 2.05. The predicted molar refractivity (Wildman–Crippen MR) is 146 cm³/mol. The van der Waals surface area contributed by atoms with Gasteiger partial charge in [0.05, 0.1) is 21.2 Å². The standard InChI is InChI=1S/C16H20N4O3.C11H9FN2O3/c1-10-16(11(2)23-18-10)12-4-5-14(15(8-12)20(21)22)17-13-6-7-19(3)9-13;1-6-11(7(2)17-13-6)8-3-4-9(12)10(5-8)14(15)16/h4-5,8,13,17H,6-7,9H2,1-3H3;3-5H,1-2H3. The third-order valence-corrected chi connectivity index (χ3v) is 6.73. The number of hydrogen-bond donors (Lipinski definition) is 1. The number of nitro groups is 2. The zero-order chi connectivity index (χ0) is 29.1. The van der Waals surface area contributed by atoms with E-state index >= 15 is 0 Å². The zero-order valence-electron chi connectivity index (χ0n) is 22.7. The van der Waals surface area contributed by atoms with Crippen LogP contribution in [0.2, 0.25) is 0 Å². The van der Waals surface area contributed by atoms with Crippen LogP contribution in [0.25, 0.3) is 22.3 Å². The molecule has 1 aliphatic heterocycles. The van der Waals surface area contributed by atoms with Crippen molar-refractivity contribution in [3.8, 4) is 22.3 Å². The fraction of sp³-hybridized carbons (Fsp3) is 0.333. The molecule has 0 amide bonds. The van der Waals surface area contributed by atoms with Gasteiger partial charge >= 0.3 is 5.69 Å². The average molecular weight is 553 g/mol. The van der Waals surface area contributed by atoms with Crippen LogP contribution >= 0.6 is 0 Å². The Kier molecular flexibility index (Phi) is 8.24. The smallest absolute Gasteiger partial charge is 0.305 e. The lowest BCUT2D eigenvalue weighted by Crippen LogP contribution is -2.23. The van der Waals surface area contributed by atoms with E-state index in [4.69, 9.17) is 9.05 Å². The Balaban J connectivity index is 0.000000194. The molecular formula is C27H29FN6O6. The van der Waals surface area contributed by atoms with Gasteiger partial charge in [-0.05, 0) is 71.0 Å². The summed E-state index contributed by atoms with van der Waals surface area (Å²) >= 11 is 0. The van der Waals surface area contributed by atoms with Gasteiger partial charge in [0.25, 0.3) is 5.69 Å². The van der Waals surface area contributed by atoms with Gasteiger partial charge < -0.3 is 19.3 Å². The van der Waals surface area contributed by atoms with Crippen molar-refractivity contribution < 1.29 is 23.3 Å². The highest BCUT2D eigenvalue weighted by atomic mass is 19.1. The highest BCUT2D eigenvalue weighted by Gasteiger charge is 2.24. The van der Waals surface area contributed by atoms with Crippen LogP contribution < -0.4 is 5.32 Å². The van der Waals surface area contributed by atoms with Crippen LogP contribution in [0, 0.1) is 53.7 Å². The van der Waals surface area contributed by atoms with Crippen LogP contribution in [0.15, 0.2) is 45.4 Å². The number of anilines is 1. The van der Waals surface area contributed by atoms with Crippen molar-refractivity contribution in [3.63, 3.8) is 0 Å². The fourth-order valence-corrected chi connectivity index (χ4v) is 4.83. The molecule has 12 nitrogen and oxygen atoms in total. The van der Waals surface area contributed by atoms with Crippen molar-refractivity contribution in [2.24, 2.45) is 0 Å². The second-order valence-corrected chi connectivity index (χ2v) is 9.70. The Hall–Kier alpha value is -4.65. The molecule has 0 saturated carbocycles. The first-order chi connectivity index (χ1) is 19.0. The second kappa shape index (κ2) is 11.6. The Morgan fingerprint density at radius 3 is 1.88 bits per heavy atom. The van der Waals surface area contributed by atoms with Crippen molar-refractivity contribution in [2.75, 3.05) is 25.5 Å². The van der Waals surface area contributed by atoms with E-state index in [-0.39, 0.29) is 16.7 Å². The van der Waals surface area contributed by atoms with Crippen LogP contribution in [0.4, 0.5) is 21.5 Å². The summed E-state index contributed by atoms with van der Waals surface area (Å²) in [6.45, 7) is 8.96. The third-order valence-electron chi connectivity index (χ3n) is 6.73. The molecule has 5 rings (SSSR count). The van der Waals surface area contributed by atoms with Crippen LogP contribution in [-0.4, -0.2) is 51.2 Å². The number of aryl methyl sites for hydroxylation is 4. The van der Waals surface area contributed by atoms with E-state index in [9.17, 15) is 24.6 Å². The van der Waals surface area contributed by atoms with Gasteiger partial charge in [-0.15, -0.1) is 0 Å². The summed E-state index contributed by atoms with van der Waals surface area (Å²) < 4.78 is 23.3. The molecule has 2 aromatic carbocycles. The number of aromatic nitrogens is 2. The van der Waals surface area contributed by atoms with Crippen LogP contribution in [0.1, 0.15) is 29.3 Å². The normalized spacial score (nSPS) is 15.0. The third kappa shape index (κ3) is 5.99. The molecule has 13 heteroatoms. The molecule has 4 aromatic rings. The molecule has 1 N–H and O–H groups in total. The van der Waals surface area contributed by atoms with Gasteiger partial charge in [-0.3, -0.25) is 20.2 Å².